The van der Waals surface area contributed by atoms with Gasteiger partial charge in [-0.15, -0.1) is 5.10 Å². The summed E-state index contributed by atoms with van der Waals surface area (Å²) in [5, 5.41) is 12.3. The molecule has 1 aliphatic heterocycles. The lowest BCUT2D eigenvalue weighted by Gasteiger charge is -2.37. The van der Waals surface area contributed by atoms with Gasteiger partial charge in [0.05, 0.1) is 18.3 Å². The van der Waals surface area contributed by atoms with Gasteiger partial charge in [0.2, 0.25) is 5.91 Å². The number of likely N-dealkylation sites (N-methyl/N-ethyl adjacent to an activating group) is 1. The number of hydrogen-bond acceptors (Lipinski definition) is 6. The molecule has 0 spiro atoms. The van der Waals surface area contributed by atoms with Crippen molar-refractivity contribution in [2.75, 3.05) is 46.8 Å². The third-order valence-corrected chi connectivity index (χ3v) is 4.68. The Hall–Kier alpha value is -2.32. The van der Waals surface area contributed by atoms with Crippen LogP contribution in [0.2, 0.25) is 0 Å². The number of amides is 1. The van der Waals surface area contributed by atoms with Crippen molar-refractivity contribution < 1.29 is 4.79 Å². The van der Waals surface area contributed by atoms with Crippen molar-refractivity contribution in [3.63, 3.8) is 0 Å². The van der Waals surface area contributed by atoms with Gasteiger partial charge in [-0.05, 0) is 29.5 Å². The molecule has 134 valence electrons. The highest BCUT2D eigenvalue weighted by atomic mass is 16.2. The molecule has 0 aliphatic carbocycles. The Morgan fingerprint density at radius 1 is 1.16 bits per heavy atom. The van der Waals surface area contributed by atoms with Gasteiger partial charge in [-0.3, -0.25) is 14.6 Å². The number of benzene rings is 1. The Morgan fingerprint density at radius 2 is 1.84 bits per heavy atom. The van der Waals surface area contributed by atoms with Crippen LogP contribution in [0.4, 0.5) is 0 Å². The zero-order valence-corrected chi connectivity index (χ0v) is 15.0. The Bertz CT molecular complexity index is 692. The summed E-state index contributed by atoms with van der Waals surface area (Å²) in [4.78, 5) is 18.1. The number of carbonyl (C=O) groups is 1. The first-order chi connectivity index (χ1) is 12.1. The number of nitrogens with zero attached hydrogens (tertiary/aromatic N) is 7. The van der Waals surface area contributed by atoms with E-state index in [2.05, 4.69) is 32.2 Å². The number of rotatable bonds is 5. The third kappa shape index (κ3) is 4.02. The molecule has 3 rings (SSSR count). The molecule has 1 aromatic heterocycles. The highest BCUT2D eigenvalue weighted by Crippen LogP contribution is 2.21. The number of piperazine rings is 1. The second kappa shape index (κ2) is 7.71. The van der Waals surface area contributed by atoms with Crippen molar-refractivity contribution in [2.24, 2.45) is 0 Å². The summed E-state index contributed by atoms with van der Waals surface area (Å²) >= 11 is 0. The zero-order chi connectivity index (χ0) is 17.8. The lowest BCUT2D eigenvalue weighted by Crippen LogP contribution is -2.50. The molecule has 1 unspecified atom stereocenters. The lowest BCUT2D eigenvalue weighted by atomic mass is 10.2. The van der Waals surface area contributed by atoms with E-state index in [-0.39, 0.29) is 11.9 Å². The number of hydrogen-bond donors (Lipinski definition) is 0. The molecule has 8 heteroatoms. The lowest BCUT2D eigenvalue weighted by molar-refractivity contribution is -0.130. The summed E-state index contributed by atoms with van der Waals surface area (Å²) < 4.78 is 1.80. The fraction of sp³-hybridized carbons (Fsp3) is 0.529. The number of carbonyl (C=O) groups excluding carboxylic acids is 1. The van der Waals surface area contributed by atoms with Crippen LogP contribution in [0.15, 0.2) is 30.3 Å². The monoisotopic (exact) mass is 343 g/mol. The SMILES string of the molecule is CC(c1nnnn1-c1ccccc1)N1CCN(CC(=O)N(C)C)CC1. The molecular weight excluding hydrogens is 318 g/mol. The molecule has 0 saturated carbocycles. The Kier molecular flexibility index (Phi) is 5.40. The van der Waals surface area contributed by atoms with Crippen molar-refractivity contribution in [3.05, 3.63) is 36.2 Å². The summed E-state index contributed by atoms with van der Waals surface area (Å²) in [7, 11) is 3.59. The van der Waals surface area contributed by atoms with Gasteiger partial charge in [-0.1, -0.05) is 18.2 Å². The summed E-state index contributed by atoms with van der Waals surface area (Å²) in [5.41, 5.74) is 0.963. The van der Waals surface area contributed by atoms with Crippen LogP contribution in [0.25, 0.3) is 5.69 Å². The van der Waals surface area contributed by atoms with Crippen molar-refractivity contribution in [1.82, 2.24) is 34.9 Å². The molecular formula is C17H25N7O. The van der Waals surface area contributed by atoms with Crippen LogP contribution >= 0.6 is 0 Å². The fourth-order valence-corrected chi connectivity index (χ4v) is 3.01. The van der Waals surface area contributed by atoms with Gasteiger partial charge < -0.3 is 4.90 Å². The van der Waals surface area contributed by atoms with E-state index in [4.69, 9.17) is 0 Å². The van der Waals surface area contributed by atoms with E-state index >= 15 is 0 Å². The van der Waals surface area contributed by atoms with Crippen LogP contribution in [0.3, 0.4) is 0 Å². The summed E-state index contributed by atoms with van der Waals surface area (Å²) in [6.07, 6.45) is 0. The largest absolute Gasteiger partial charge is 0.348 e. The highest BCUT2D eigenvalue weighted by Gasteiger charge is 2.27. The van der Waals surface area contributed by atoms with Gasteiger partial charge >= 0.3 is 0 Å². The maximum Gasteiger partial charge on any atom is 0.236 e. The molecule has 25 heavy (non-hydrogen) atoms. The predicted molar refractivity (Wildman–Crippen MR) is 94.3 cm³/mol. The van der Waals surface area contributed by atoms with Crippen molar-refractivity contribution in [2.45, 2.75) is 13.0 Å². The Morgan fingerprint density at radius 3 is 2.48 bits per heavy atom. The van der Waals surface area contributed by atoms with Crippen LogP contribution < -0.4 is 0 Å². The minimum Gasteiger partial charge on any atom is -0.348 e. The van der Waals surface area contributed by atoms with E-state index in [1.54, 1.807) is 23.7 Å². The Labute approximate surface area is 148 Å². The van der Waals surface area contributed by atoms with Gasteiger partial charge in [-0.2, -0.15) is 4.68 Å². The predicted octanol–water partition coefficient (Wildman–Crippen LogP) is 0.429. The number of tetrazole rings is 1. The first-order valence-corrected chi connectivity index (χ1v) is 8.56. The Balaban J connectivity index is 1.63. The maximum absolute atomic E-state index is 11.9. The van der Waals surface area contributed by atoms with Crippen molar-refractivity contribution in [1.29, 1.82) is 0 Å². The fourth-order valence-electron chi connectivity index (χ4n) is 3.01. The maximum atomic E-state index is 11.9. The molecule has 8 nitrogen and oxygen atoms in total. The second-order valence-electron chi connectivity index (χ2n) is 6.56. The quantitative estimate of drug-likeness (QED) is 0.784. The summed E-state index contributed by atoms with van der Waals surface area (Å²) in [6, 6.07) is 10.0. The standard InChI is InChI=1S/C17H25N7O/c1-14(17-18-19-20-24(17)15-7-5-4-6-8-15)23-11-9-22(10-12-23)13-16(25)21(2)3/h4-8,14H,9-13H2,1-3H3. The molecule has 1 aromatic carbocycles. The van der Waals surface area contributed by atoms with E-state index in [1.807, 2.05) is 30.3 Å². The number of para-hydroxylation sites is 1. The van der Waals surface area contributed by atoms with Crippen LogP contribution in [-0.4, -0.2) is 87.6 Å². The first-order valence-electron chi connectivity index (χ1n) is 8.56. The smallest absolute Gasteiger partial charge is 0.236 e. The van der Waals surface area contributed by atoms with Gasteiger partial charge in [0, 0.05) is 40.3 Å². The van der Waals surface area contributed by atoms with Gasteiger partial charge in [0.1, 0.15) is 0 Å². The molecule has 2 aromatic rings. The van der Waals surface area contributed by atoms with Gasteiger partial charge in [0.15, 0.2) is 5.82 Å². The zero-order valence-electron chi connectivity index (χ0n) is 15.0. The molecule has 1 amide bonds. The number of aromatic nitrogens is 4. The minimum atomic E-state index is 0.113. The summed E-state index contributed by atoms with van der Waals surface area (Å²) in [6.45, 7) is 6.14. The van der Waals surface area contributed by atoms with Crippen LogP contribution in [0.5, 0.6) is 0 Å². The van der Waals surface area contributed by atoms with Crippen LogP contribution in [0.1, 0.15) is 18.8 Å². The molecule has 1 aliphatic rings. The van der Waals surface area contributed by atoms with E-state index in [9.17, 15) is 4.79 Å². The first kappa shape index (κ1) is 17.5. The molecule has 0 N–H and O–H groups in total. The molecule has 1 atom stereocenters. The molecule has 0 radical (unpaired) electrons. The van der Waals surface area contributed by atoms with E-state index in [0.717, 1.165) is 37.7 Å². The van der Waals surface area contributed by atoms with Gasteiger partial charge in [0.25, 0.3) is 0 Å². The average molecular weight is 343 g/mol. The van der Waals surface area contributed by atoms with Gasteiger partial charge in [-0.25, -0.2) is 0 Å². The normalized spacial score (nSPS) is 17.4. The van der Waals surface area contributed by atoms with Crippen molar-refractivity contribution in [3.8, 4) is 5.69 Å². The van der Waals surface area contributed by atoms with E-state index in [1.165, 1.54) is 0 Å². The van der Waals surface area contributed by atoms with Crippen molar-refractivity contribution >= 4 is 5.91 Å². The highest BCUT2D eigenvalue weighted by molar-refractivity contribution is 5.77. The topological polar surface area (TPSA) is 70.4 Å². The average Bonchev–Trinajstić information content (AvgIpc) is 3.12. The molecule has 1 saturated heterocycles. The third-order valence-electron chi connectivity index (χ3n) is 4.68. The molecule has 2 heterocycles. The van der Waals surface area contributed by atoms with E-state index < -0.39 is 0 Å². The second-order valence-corrected chi connectivity index (χ2v) is 6.56. The molecule has 1 fully saturated rings. The molecule has 0 bridgehead atoms. The minimum absolute atomic E-state index is 0.113. The van der Waals surface area contributed by atoms with E-state index in [0.29, 0.717) is 6.54 Å². The van der Waals surface area contributed by atoms with Crippen LogP contribution in [-0.2, 0) is 4.79 Å². The summed E-state index contributed by atoms with van der Waals surface area (Å²) in [5.74, 6) is 0.985. The van der Waals surface area contributed by atoms with Crippen LogP contribution in [0, 0.1) is 0 Å².